The highest BCUT2D eigenvalue weighted by Crippen LogP contribution is 2.49. The van der Waals surface area contributed by atoms with Crippen LogP contribution in [0.15, 0.2) is 485 Å². The fourth-order valence-electron chi connectivity index (χ4n) is 20.5. The summed E-state index contributed by atoms with van der Waals surface area (Å²) in [6.07, 6.45) is 0. The highest BCUT2D eigenvalue weighted by molar-refractivity contribution is 6.28. The van der Waals surface area contributed by atoms with Gasteiger partial charge in [-0.2, -0.15) is 19.9 Å². The highest BCUT2D eigenvalue weighted by Gasteiger charge is 2.29. The Morgan fingerprint density at radius 1 is 0.132 bits per heavy atom. The highest BCUT2D eigenvalue weighted by atomic mass is 15.2. The van der Waals surface area contributed by atoms with Crippen molar-refractivity contribution in [3.05, 3.63) is 485 Å². The molecule has 0 N–H and O–H groups in total. The van der Waals surface area contributed by atoms with Gasteiger partial charge in [0.05, 0.1) is 55.5 Å². The van der Waals surface area contributed by atoms with E-state index in [9.17, 15) is 0 Å². The Labute approximate surface area is 784 Å². The van der Waals surface area contributed by atoms with Crippen molar-refractivity contribution in [3.8, 4) is 169 Å². The number of benzene rings is 20. The molecular formula is C126H80N10. The van der Waals surface area contributed by atoms with Crippen LogP contribution in [-0.2, 0) is 0 Å². The van der Waals surface area contributed by atoms with Gasteiger partial charge in [-0.1, -0.05) is 388 Å². The van der Waals surface area contributed by atoms with Crippen molar-refractivity contribution in [2.75, 3.05) is 0 Å². The second kappa shape index (κ2) is 32.9. The molecule has 0 saturated heterocycles. The summed E-state index contributed by atoms with van der Waals surface area (Å²) in [6, 6.07) is 174. The monoisotopic (exact) mass is 1730 g/mol. The van der Waals surface area contributed by atoms with Gasteiger partial charge in [0.25, 0.3) is 0 Å². The Hall–Kier alpha value is -18.4. The smallest absolute Gasteiger partial charge is 0.238 e. The van der Waals surface area contributed by atoms with Gasteiger partial charge in [0.1, 0.15) is 0 Å². The van der Waals surface area contributed by atoms with Gasteiger partial charge in [-0.15, -0.1) is 0 Å². The van der Waals surface area contributed by atoms with Crippen molar-refractivity contribution in [2.24, 2.45) is 0 Å². The molecule has 136 heavy (non-hydrogen) atoms. The van der Waals surface area contributed by atoms with Crippen LogP contribution in [0.5, 0.6) is 0 Å². The first-order valence-corrected chi connectivity index (χ1v) is 46.1. The van der Waals surface area contributed by atoms with E-state index < -0.39 is 0 Å². The molecule has 0 amide bonds. The normalized spacial score (nSPS) is 11.7. The van der Waals surface area contributed by atoms with Crippen LogP contribution in [0, 0.1) is 0 Å². The maximum atomic E-state index is 5.60. The second-order valence-corrected chi connectivity index (χ2v) is 34.8. The first-order valence-electron chi connectivity index (χ1n) is 46.1. The number of hydrogen-bond acceptors (Lipinski definition) is 6. The molecule has 0 aliphatic carbocycles. The van der Waals surface area contributed by atoms with E-state index in [1.165, 1.54) is 0 Å². The van der Waals surface area contributed by atoms with Gasteiger partial charge in [0.15, 0.2) is 23.3 Å². The molecule has 634 valence electrons. The summed E-state index contributed by atoms with van der Waals surface area (Å²) in [5.74, 6) is 3.21. The van der Waals surface area contributed by atoms with Crippen LogP contribution in [0.3, 0.4) is 0 Å². The largest absolute Gasteiger partial charge is 0.308 e. The van der Waals surface area contributed by atoms with Crippen LogP contribution >= 0.6 is 0 Å². The van der Waals surface area contributed by atoms with Crippen molar-refractivity contribution < 1.29 is 0 Å². The molecule has 6 heterocycles. The molecule has 10 nitrogen and oxygen atoms in total. The third-order valence-corrected chi connectivity index (χ3v) is 26.9. The van der Waals surface area contributed by atoms with E-state index in [2.05, 4.69) is 485 Å². The molecule has 20 aromatic carbocycles. The summed E-state index contributed by atoms with van der Waals surface area (Å²) in [5.41, 5.74) is 33.9. The lowest BCUT2D eigenvalue weighted by molar-refractivity contribution is 0.953. The molecule has 0 saturated carbocycles. The second-order valence-electron chi connectivity index (χ2n) is 34.8. The zero-order valence-corrected chi connectivity index (χ0v) is 73.7. The minimum Gasteiger partial charge on any atom is -0.308 e. The first kappa shape index (κ1) is 78.6. The summed E-state index contributed by atoms with van der Waals surface area (Å²) in [4.78, 5) is 33.1. The van der Waals surface area contributed by atoms with Crippen LogP contribution < -0.4 is 0 Å². The predicted molar refractivity (Wildman–Crippen MR) is 561 cm³/mol. The molecule has 6 aromatic heterocycles. The predicted octanol–water partition coefficient (Wildman–Crippen LogP) is 32.1. The lowest BCUT2D eigenvalue weighted by Gasteiger charge is -2.17. The number of aromatic nitrogens is 10. The van der Waals surface area contributed by atoms with Gasteiger partial charge in [0.2, 0.25) is 11.9 Å². The van der Waals surface area contributed by atoms with E-state index in [1.54, 1.807) is 0 Å². The van der Waals surface area contributed by atoms with Crippen LogP contribution in [0.25, 0.3) is 256 Å². The fourth-order valence-corrected chi connectivity index (χ4v) is 20.5. The molecule has 10 heteroatoms. The molecular weight excluding hydrogens is 1650 g/mol. The molecule has 26 aromatic rings. The summed E-state index contributed by atoms with van der Waals surface area (Å²) in [5, 5.41) is 8.94. The summed E-state index contributed by atoms with van der Waals surface area (Å²) >= 11 is 0. The van der Waals surface area contributed by atoms with Crippen molar-refractivity contribution in [3.63, 3.8) is 0 Å². The van der Waals surface area contributed by atoms with E-state index in [1.807, 2.05) is 18.2 Å². The zero-order chi connectivity index (χ0) is 89.7. The fraction of sp³-hybridized carbons (Fsp3) is 0. The van der Waals surface area contributed by atoms with E-state index in [4.69, 9.17) is 29.9 Å². The van der Waals surface area contributed by atoms with Gasteiger partial charge in [-0.05, 0) is 186 Å². The Morgan fingerprint density at radius 3 is 0.757 bits per heavy atom. The lowest BCUT2D eigenvalue weighted by atomic mass is 9.92. The minimum absolute atomic E-state index is 0.502. The number of rotatable bonds is 17. The average Bonchev–Trinajstić information content (AvgIpc) is 1.54. The molecule has 0 unspecified atom stereocenters. The van der Waals surface area contributed by atoms with Gasteiger partial charge in [-0.25, -0.2) is 9.97 Å². The van der Waals surface area contributed by atoms with E-state index in [0.29, 0.717) is 35.2 Å². The Kier molecular flexibility index (Phi) is 19.0. The summed E-state index contributed by atoms with van der Waals surface area (Å²) < 4.78 is 9.48. The molecule has 0 bridgehead atoms. The van der Waals surface area contributed by atoms with Gasteiger partial charge in [0, 0.05) is 76.5 Å². The molecule has 26 rings (SSSR count). The van der Waals surface area contributed by atoms with Gasteiger partial charge in [-0.3, -0.25) is 9.13 Å². The molecule has 0 fully saturated rings. The standard InChI is InChI=1S/C126H80N10/c1-7-33-81(34-8-1)86-61-65-89(66-62-86)122-127-123(131-125(130-122)135-113-59-29-23-53-107(113)117-115(135)71-69-105-103-51-21-27-57-111(103)133(119(105)117)109-55-25-19-49-101(109)99-77-95(82-35-9-2-10-36-82)75-96(78-99)83-37-11-3-12-38-83)90-67-63-87(64-68-90)91-45-31-46-92(73-91)93-47-32-48-94(74-93)124-128-121(88-43-17-6-18-44-88)129-126(132-124)136-114-60-30-24-54-108(114)118-116(136)72-70-106-104-52-22-28-58-112(104)134(120(106)118)110-56-26-20-50-102(110)100-79-97(84-39-13-4-14-40-84)76-98(80-100)85-41-15-5-16-42-85/h1-80H. The third-order valence-electron chi connectivity index (χ3n) is 26.9. The Bertz CT molecular complexity index is 9070. The zero-order valence-electron chi connectivity index (χ0n) is 73.7. The van der Waals surface area contributed by atoms with Crippen LogP contribution in [0.4, 0.5) is 0 Å². The topological polar surface area (TPSA) is 97.1 Å². The molecule has 0 radical (unpaired) electrons. The first-order chi connectivity index (χ1) is 67.4. The van der Waals surface area contributed by atoms with Crippen LogP contribution in [0.1, 0.15) is 0 Å². The number of fused-ring (bicyclic) bond motifs is 14. The maximum absolute atomic E-state index is 5.60. The Morgan fingerprint density at radius 2 is 0.375 bits per heavy atom. The van der Waals surface area contributed by atoms with Crippen LogP contribution in [0.2, 0.25) is 0 Å². The van der Waals surface area contributed by atoms with Crippen molar-refractivity contribution in [1.29, 1.82) is 0 Å². The van der Waals surface area contributed by atoms with Gasteiger partial charge < -0.3 is 9.13 Å². The van der Waals surface area contributed by atoms with E-state index in [0.717, 1.165) is 221 Å². The number of nitrogens with zero attached hydrogens (tertiary/aromatic N) is 10. The average molecular weight is 1730 g/mol. The maximum Gasteiger partial charge on any atom is 0.238 e. The summed E-state index contributed by atoms with van der Waals surface area (Å²) in [6.45, 7) is 0. The van der Waals surface area contributed by atoms with E-state index in [-0.39, 0.29) is 0 Å². The van der Waals surface area contributed by atoms with Crippen LogP contribution in [-0.4, -0.2) is 48.2 Å². The van der Waals surface area contributed by atoms with Crippen molar-refractivity contribution in [1.82, 2.24) is 48.2 Å². The lowest BCUT2D eigenvalue weighted by Crippen LogP contribution is -2.06. The van der Waals surface area contributed by atoms with E-state index >= 15 is 0 Å². The van der Waals surface area contributed by atoms with Crippen molar-refractivity contribution in [2.45, 2.75) is 0 Å². The molecule has 0 aliphatic heterocycles. The number of para-hydroxylation sites is 6. The molecule has 0 aliphatic rings. The molecule has 0 atom stereocenters. The molecule has 0 spiro atoms. The minimum atomic E-state index is 0.502. The van der Waals surface area contributed by atoms with Gasteiger partial charge >= 0.3 is 0 Å². The van der Waals surface area contributed by atoms with Crippen molar-refractivity contribution >= 4 is 87.2 Å². The third kappa shape index (κ3) is 13.6. The summed E-state index contributed by atoms with van der Waals surface area (Å²) in [7, 11) is 0. The number of hydrogen-bond donors (Lipinski definition) is 0. The Balaban J connectivity index is 0.579. The quantitative estimate of drug-likeness (QED) is 0.0901. The SMILES string of the molecule is c1ccc(-c2ccc(-c3nc(-c4ccc(-c5cccc(-c6cccc(-c7nc(-c8ccccc8)nc(-n8c9ccccc9c9c8ccc8c%10ccccc%10n(-c%10ccccc%10-c%10cc(-c%11ccccc%11)cc(-c%11ccccc%11)c%10)c89)n7)c6)c5)cc4)nc(-n4c5ccccc5c5c4ccc4c6ccccc6n(-c6ccccc6-c6cc(-c7ccccc7)cc(-c7ccccc7)c6)c45)n3)cc2)cc1.